The van der Waals surface area contributed by atoms with Gasteiger partial charge in [-0.2, -0.15) is 0 Å². The Morgan fingerprint density at radius 3 is 2.70 bits per heavy atom. The molecule has 0 atom stereocenters. The third-order valence-corrected chi connectivity index (χ3v) is 4.18. The predicted molar refractivity (Wildman–Crippen MR) is 79.8 cm³/mol. The van der Waals surface area contributed by atoms with Crippen molar-refractivity contribution in [3.8, 4) is 5.75 Å². The Morgan fingerprint density at radius 2 is 2.15 bits per heavy atom. The molecule has 7 heteroatoms. The van der Waals surface area contributed by atoms with Crippen LogP contribution in [0.15, 0.2) is 12.1 Å². The standard InChI is InChI=1S/C13H13ClN2O3S/c1-6-4-9(10(19-3)5-8(6)14)16-13-15-7(2)11(20-13)12(17)18/h4-5H,1-3H3,(H,15,16)(H,17,18). The number of methoxy groups -OCH3 is 1. The first-order chi connectivity index (χ1) is 9.42. The summed E-state index contributed by atoms with van der Waals surface area (Å²) in [6, 6.07) is 3.54. The molecule has 0 amide bonds. The number of benzene rings is 1. The summed E-state index contributed by atoms with van der Waals surface area (Å²) in [5.41, 5.74) is 2.07. The fourth-order valence-electron chi connectivity index (χ4n) is 1.69. The first kappa shape index (κ1) is 14.6. The van der Waals surface area contributed by atoms with Crippen molar-refractivity contribution in [1.29, 1.82) is 0 Å². The molecule has 5 nitrogen and oxygen atoms in total. The highest BCUT2D eigenvalue weighted by Gasteiger charge is 2.15. The fourth-order valence-corrected chi connectivity index (χ4v) is 2.66. The predicted octanol–water partition coefficient (Wildman–Crippen LogP) is 3.86. The number of carbonyl (C=O) groups is 1. The van der Waals surface area contributed by atoms with Crippen molar-refractivity contribution in [2.45, 2.75) is 13.8 Å². The molecule has 1 heterocycles. The molecule has 0 saturated carbocycles. The molecule has 0 bridgehead atoms. The summed E-state index contributed by atoms with van der Waals surface area (Å²) in [4.78, 5) is 15.4. The van der Waals surface area contributed by atoms with Gasteiger partial charge in [-0.05, 0) is 25.5 Å². The first-order valence-corrected chi connectivity index (χ1v) is 6.93. The number of ether oxygens (including phenoxy) is 1. The number of nitrogens with one attached hydrogen (secondary N) is 1. The van der Waals surface area contributed by atoms with E-state index in [-0.39, 0.29) is 4.88 Å². The monoisotopic (exact) mass is 312 g/mol. The van der Waals surface area contributed by atoms with Crippen LogP contribution in [0.5, 0.6) is 5.75 Å². The second-order valence-electron chi connectivity index (χ2n) is 4.17. The van der Waals surface area contributed by atoms with E-state index in [0.717, 1.165) is 16.9 Å². The second kappa shape index (κ2) is 5.68. The Balaban J connectivity index is 2.37. The Kier molecular flexibility index (Phi) is 4.15. The lowest BCUT2D eigenvalue weighted by Crippen LogP contribution is -1.95. The highest BCUT2D eigenvalue weighted by molar-refractivity contribution is 7.17. The van der Waals surface area contributed by atoms with E-state index < -0.39 is 5.97 Å². The molecular weight excluding hydrogens is 300 g/mol. The zero-order chi connectivity index (χ0) is 14.9. The number of hydrogen-bond donors (Lipinski definition) is 2. The number of carboxylic acids is 1. The summed E-state index contributed by atoms with van der Waals surface area (Å²) in [6.07, 6.45) is 0. The quantitative estimate of drug-likeness (QED) is 0.897. The van der Waals surface area contributed by atoms with E-state index in [0.29, 0.717) is 27.3 Å². The van der Waals surface area contributed by atoms with Gasteiger partial charge < -0.3 is 15.2 Å². The van der Waals surface area contributed by atoms with Gasteiger partial charge >= 0.3 is 5.97 Å². The van der Waals surface area contributed by atoms with E-state index in [2.05, 4.69) is 10.3 Å². The average Bonchev–Trinajstić information content (AvgIpc) is 2.74. The summed E-state index contributed by atoms with van der Waals surface area (Å²) in [5, 5.41) is 13.2. The topological polar surface area (TPSA) is 71.5 Å². The van der Waals surface area contributed by atoms with Crippen molar-refractivity contribution in [1.82, 2.24) is 4.98 Å². The van der Waals surface area contributed by atoms with E-state index in [1.807, 2.05) is 13.0 Å². The fraction of sp³-hybridized carbons (Fsp3) is 0.231. The molecule has 0 radical (unpaired) electrons. The van der Waals surface area contributed by atoms with Crippen molar-refractivity contribution >= 4 is 39.7 Å². The largest absolute Gasteiger partial charge is 0.495 e. The third kappa shape index (κ3) is 2.86. The number of hydrogen-bond acceptors (Lipinski definition) is 5. The molecule has 0 aliphatic heterocycles. The van der Waals surface area contributed by atoms with Crippen LogP contribution in [0.25, 0.3) is 0 Å². The van der Waals surface area contributed by atoms with Crippen LogP contribution in [0.2, 0.25) is 5.02 Å². The van der Waals surface area contributed by atoms with Gasteiger partial charge in [-0.3, -0.25) is 0 Å². The molecule has 0 aliphatic rings. The minimum absolute atomic E-state index is 0.220. The summed E-state index contributed by atoms with van der Waals surface area (Å²) < 4.78 is 5.25. The average molecular weight is 313 g/mol. The van der Waals surface area contributed by atoms with Crippen LogP contribution in [-0.4, -0.2) is 23.2 Å². The molecule has 0 fully saturated rings. The number of aromatic nitrogens is 1. The number of anilines is 2. The maximum Gasteiger partial charge on any atom is 0.347 e. The Morgan fingerprint density at radius 1 is 1.45 bits per heavy atom. The van der Waals surface area contributed by atoms with Crippen LogP contribution >= 0.6 is 22.9 Å². The Labute approximate surface area is 125 Å². The van der Waals surface area contributed by atoms with E-state index in [4.69, 9.17) is 21.4 Å². The molecule has 0 unspecified atom stereocenters. The minimum Gasteiger partial charge on any atom is -0.495 e. The van der Waals surface area contributed by atoms with Crippen LogP contribution < -0.4 is 10.1 Å². The normalized spacial score (nSPS) is 10.4. The SMILES string of the molecule is COc1cc(Cl)c(C)cc1Nc1nc(C)c(C(=O)O)s1. The molecule has 0 saturated heterocycles. The van der Waals surface area contributed by atoms with Gasteiger partial charge in [0.15, 0.2) is 5.13 Å². The molecule has 2 aromatic rings. The molecule has 0 spiro atoms. The van der Waals surface area contributed by atoms with Gasteiger partial charge in [0.1, 0.15) is 10.6 Å². The zero-order valence-corrected chi connectivity index (χ0v) is 12.7. The smallest absolute Gasteiger partial charge is 0.347 e. The number of aromatic carboxylic acids is 1. The van der Waals surface area contributed by atoms with Crippen LogP contribution in [0.4, 0.5) is 10.8 Å². The van der Waals surface area contributed by atoms with Crippen molar-refractivity contribution in [3.05, 3.63) is 33.3 Å². The van der Waals surface area contributed by atoms with Gasteiger partial charge in [0.05, 0.1) is 18.5 Å². The molecule has 2 rings (SSSR count). The molecule has 106 valence electrons. The third-order valence-electron chi connectivity index (χ3n) is 2.71. The lowest BCUT2D eigenvalue weighted by atomic mass is 10.2. The molecule has 20 heavy (non-hydrogen) atoms. The number of rotatable bonds is 4. The minimum atomic E-state index is -0.979. The Bertz CT molecular complexity index is 670. The van der Waals surface area contributed by atoms with E-state index in [9.17, 15) is 4.79 Å². The van der Waals surface area contributed by atoms with Crippen molar-refractivity contribution in [3.63, 3.8) is 0 Å². The molecule has 0 aliphatic carbocycles. The van der Waals surface area contributed by atoms with Crippen molar-refractivity contribution in [2.24, 2.45) is 0 Å². The van der Waals surface area contributed by atoms with E-state index in [1.165, 1.54) is 0 Å². The van der Waals surface area contributed by atoms with Gasteiger partial charge in [0, 0.05) is 11.1 Å². The molecule has 1 aromatic heterocycles. The van der Waals surface area contributed by atoms with Crippen molar-refractivity contribution < 1.29 is 14.6 Å². The number of halogens is 1. The summed E-state index contributed by atoms with van der Waals surface area (Å²) in [6.45, 7) is 3.54. The highest BCUT2D eigenvalue weighted by Crippen LogP contribution is 2.34. The lowest BCUT2D eigenvalue weighted by molar-refractivity contribution is 0.0701. The van der Waals surface area contributed by atoms with Gasteiger partial charge in [-0.15, -0.1) is 0 Å². The second-order valence-corrected chi connectivity index (χ2v) is 5.57. The summed E-state index contributed by atoms with van der Waals surface area (Å²) >= 11 is 7.12. The first-order valence-electron chi connectivity index (χ1n) is 5.74. The van der Waals surface area contributed by atoms with Crippen LogP contribution in [0.3, 0.4) is 0 Å². The van der Waals surface area contributed by atoms with Gasteiger partial charge in [0.25, 0.3) is 0 Å². The number of aryl methyl sites for hydroxylation is 2. The molecule has 1 aromatic carbocycles. The zero-order valence-electron chi connectivity index (χ0n) is 11.2. The number of carboxylic acid groups (broad SMARTS) is 1. The highest BCUT2D eigenvalue weighted by atomic mass is 35.5. The maximum absolute atomic E-state index is 11.0. The van der Waals surface area contributed by atoms with Crippen LogP contribution in [-0.2, 0) is 0 Å². The van der Waals surface area contributed by atoms with Gasteiger partial charge in [0.2, 0.25) is 0 Å². The van der Waals surface area contributed by atoms with Crippen LogP contribution in [0.1, 0.15) is 20.9 Å². The van der Waals surface area contributed by atoms with Crippen molar-refractivity contribution in [2.75, 3.05) is 12.4 Å². The molecule has 2 N–H and O–H groups in total. The van der Waals surface area contributed by atoms with E-state index >= 15 is 0 Å². The number of thiazole rings is 1. The summed E-state index contributed by atoms with van der Waals surface area (Å²) in [7, 11) is 1.54. The Hall–Kier alpha value is -1.79. The summed E-state index contributed by atoms with van der Waals surface area (Å²) in [5.74, 6) is -0.405. The molecular formula is C13H13ClN2O3S. The van der Waals surface area contributed by atoms with Gasteiger partial charge in [-0.25, -0.2) is 9.78 Å². The van der Waals surface area contributed by atoms with Gasteiger partial charge in [-0.1, -0.05) is 22.9 Å². The van der Waals surface area contributed by atoms with E-state index in [1.54, 1.807) is 20.1 Å². The maximum atomic E-state index is 11.0. The number of nitrogens with zero attached hydrogens (tertiary/aromatic N) is 1. The van der Waals surface area contributed by atoms with Crippen LogP contribution in [0, 0.1) is 13.8 Å². The lowest BCUT2D eigenvalue weighted by Gasteiger charge is -2.11.